The molecule has 1 amide bonds. The fourth-order valence-electron chi connectivity index (χ4n) is 3.26. The van der Waals surface area contributed by atoms with E-state index in [1.807, 2.05) is 55.3 Å². The fourth-order valence-corrected chi connectivity index (χ4v) is 3.46. The first-order chi connectivity index (χ1) is 13.0. The smallest absolute Gasteiger partial charge is 0.237 e. The number of methoxy groups -OCH3 is 1. The van der Waals surface area contributed by atoms with Crippen LogP contribution in [0.25, 0.3) is 0 Å². The molecule has 0 aliphatic carbocycles. The molecule has 2 unspecified atom stereocenters. The SMILES string of the molecule is COc1ccc(Cl)cc1CN(C)C(C)C(=O)NC1CCOc2ccccc21. The monoisotopic (exact) mass is 388 g/mol. The van der Waals surface area contributed by atoms with Crippen molar-refractivity contribution in [3.8, 4) is 11.5 Å². The molecule has 1 heterocycles. The Hall–Kier alpha value is -2.24. The molecule has 1 N–H and O–H groups in total. The van der Waals surface area contributed by atoms with E-state index in [0.717, 1.165) is 29.0 Å². The fraction of sp³-hybridized carbons (Fsp3) is 0.381. The summed E-state index contributed by atoms with van der Waals surface area (Å²) in [5.41, 5.74) is 1.98. The number of nitrogens with one attached hydrogen (secondary N) is 1. The molecule has 144 valence electrons. The molecule has 1 aliphatic heterocycles. The highest BCUT2D eigenvalue weighted by atomic mass is 35.5. The van der Waals surface area contributed by atoms with E-state index in [9.17, 15) is 4.79 Å². The second-order valence-electron chi connectivity index (χ2n) is 6.78. The van der Waals surface area contributed by atoms with Crippen molar-refractivity contribution in [3.05, 3.63) is 58.6 Å². The van der Waals surface area contributed by atoms with Crippen LogP contribution in [0.4, 0.5) is 0 Å². The minimum atomic E-state index is -0.302. The van der Waals surface area contributed by atoms with E-state index in [1.54, 1.807) is 13.2 Å². The number of benzene rings is 2. The molecule has 27 heavy (non-hydrogen) atoms. The third-order valence-corrected chi connectivity index (χ3v) is 5.21. The Morgan fingerprint density at radius 2 is 2.15 bits per heavy atom. The second kappa shape index (κ2) is 8.63. The van der Waals surface area contributed by atoms with Gasteiger partial charge >= 0.3 is 0 Å². The molecule has 0 aromatic heterocycles. The zero-order valence-electron chi connectivity index (χ0n) is 15.9. The van der Waals surface area contributed by atoms with E-state index in [4.69, 9.17) is 21.1 Å². The minimum Gasteiger partial charge on any atom is -0.496 e. The van der Waals surface area contributed by atoms with Crippen molar-refractivity contribution < 1.29 is 14.3 Å². The maximum atomic E-state index is 12.8. The van der Waals surface area contributed by atoms with Gasteiger partial charge in [0.15, 0.2) is 0 Å². The molecule has 2 aromatic rings. The summed E-state index contributed by atoms with van der Waals surface area (Å²) in [4.78, 5) is 14.8. The first-order valence-corrected chi connectivity index (χ1v) is 9.42. The number of fused-ring (bicyclic) bond motifs is 1. The van der Waals surface area contributed by atoms with E-state index < -0.39 is 0 Å². The van der Waals surface area contributed by atoms with Gasteiger partial charge < -0.3 is 14.8 Å². The first kappa shape index (κ1) is 19.5. The van der Waals surface area contributed by atoms with Gasteiger partial charge in [-0.15, -0.1) is 0 Å². The van der Waals surface area contributed by atoms with Crippen LogP contribution in [-0.4, -0.2) is 37.6 Å². The average Bonchev–Trinajstić information content (AvgIpc) is 2.67. The molecular weight excluding hydrogens is 364 g/mol. The zero-order chi connectivity index (χ0) is 19.4. The molecule has 2 atom stereocenters. The Kier molecular flexibility index (Phi) is 6.24. The van der Waals surface area contributed by atoms with Crippen LogP contribution in [0.2, 0.25) is 5.02 Å². The van der Waals surface area contributed by atoms with Crippen molar-refractivity contribution in [2.45, 2.75) is 32.0 Å². The third-order valence-electron chi connectivity index (χ3n) is 4.98. The highest BCUT2D eigenvalue weighted by molar-refractivity contribution is 6.30. The Morgan fingerprint density at radius 1 is 1.37 bits per heavy atom. The predicted molar refractivity (Wildman–Crippen MR) is 106 cm³/mol. The molecule has 1 aliphatic rings. The largest absolute Gasteiger partial charge is 0.496 e. The van der Waals surface area contributed by atoms with Crippen molar-refractivity contribution in [1.29, 1.82) is 0 Å². The lowest BCUT2D eigenvalue weighted by molar-refractivity contribution is -0.126. The summed E-state index contributed by atoms with van der Waals surface area (Å²) in [6.45, 7) is 3.06. The molecule has 0 saturated carbocycles. The number of halogens is 1. The van der Waals surface area contributed by atoms with Crippen molar-refractivity contribution in [1.82, 2.24) is 10.2 Å². The van der Waals surface area contributed by atoms with E-state index in [-0.39, 0.29) is 18.0 Å². The first-order valence-electron chi connectivity index (χ1n) is 9.04. The number of amides is 1. The van der Waals surface area contributed by atoms with Crippen LogP contribution in [0.3, 0.4) is 0 Å². The van der Waals surface area contributed by atoms with Gasteiger partial charge in [0.2, 0.25) is 5.91 Å². The van der Waals surface area contributed by atoms with Gasteiger partial charge in [0.05, 0.1) is 25.8 Å². The maximum absolute atomic E-state index is 12.8. The second-order valence-corrected chi connectivity index (χ2v) is 7.22. The Balaban J connectivity index is 1.66. The lowest BCUT2D eigenvalue weighted by Gasteiger charge is -2.30. The molecule has 0 saturated heterocycles. The van der Waals surface area contributed by atoms with Gasteiger partial charge in [0, 0.05) is 29.1 Å². The van der Waals surface area contributed by atoms with E-state index in [1.165, 1.54) is 0 Å². The van der Waals surface area contributed by atoms with Crippen molar-refractivity contribution in [3.63, 3.8) is 0 Å². The van der Waals surface area contributed by atoms with Crippen LogP contribution >= 0.6 is 11.6 Å². The normalized spacial score (nSPS) is 17.0. The zero-order valence-corrected chi connectivity index (χ0v) is 16.6. The van der Waals surface area contributed by atoms with Gasteiger partial charge in [-0.2, -0.15) is 0 Å². The number of likely N-dealkylation sites (N-methyl/N-ethyl adjacent to an activating group) is 1. The molecule has 0 bridgehead atoms. The summed E-state index contributed by atoms with van der Waals surface area (Å²) in [7, 11) is 3.55. The van der Waals surface area contributed by atoms with Gasteiger partial charge in [-0.25, -0.2) is 0 Å². The summed E-state index contributed by atoms with van der Waals surface area (Å²) in [5.74, 6) is 1.59. The average molecular weight is 389 g/mol. The lowest BCUT2D eigenvalue weighted by Crippen LogP contribution is -2.45. The number of carbonyl (C=O) groups excluding carboxylic acids is 1. The standard InChI is InChI=1S/C21H25ClN2O3/c1-14(24(2)13-15-12-16(22)8-9-19(15)26-3)21(25)23-18-10-11-27-20-7-5-4-6-17(18)20/h4-9,12,14,18H,10-11,13H2,1-3H3,(H,23,25). The van der Waals surface area contributed by atoms with Crippen molar-refractivity contribution >= 4 is 17.5 Å². The van der Waals surface area contributed by atoms with Gasteiger partial charge in [0.25, 0.3) is 0 Å². The molecule has 3 rings (SSSR count). The predicted octanol–water partition coefficient (Wildman–Crippen LogP) is 3.81. The number of carbonyl (C=O) groups is 1. The van der Waals surface area contributed by atoms with Gasteiger partial charge in [0.1, 0.15) is 11.5 Å². The molecule has 6 heteroatoms. The molecule has 0 spiro atoms. The maximum Gasteiger partial charge on any atom is 0.237 e. The lowest BCUT2D eigenvalue weighted by atomic mass is 10.00. The highest BCUT2D eigenvalue weighted by Crippen LogP contribution is 2.31. The summed E-state index contributed by atoms with van der Waals surface area (Å²) in [6.07, 6.45) is 0.765. The van der Waals surface area contributed by atoms with Crippen LogP contribution in [0.15, 0.2) is 42.5 Å². The number of hydrogen-bond acceptors (Lipinski definition) is 4. The van der Waals surface area contributed by atoms with Gasteiger partial charge in [-0.1, -0.05) is 29.8 Å². The van der Waals surface area contributed by atoms with Gasteiger partial charge in [-0.3, -0.25) is 9.69 Å². The van der Waals surface area contributed by atoms with E-state index in [0.29, 0.717) is 18.2 Å². The summed E-state index contributed by atoms with van der Waals surface area (Å²) >= 11 is 6.11. The summed E-state index contributed by atoms with van der Waals surface area (Å²) in [6, 6.07) is 13.0. The Bertz CT molecular complexity index is 812. The van der Waals surface area contributed by atoms with E-state index >= 15 is 0 Å². The topological polar surface area (TPSA) is 50.8 Å². The Labute approximate surface area is 165 Å². The van der Waals surface area contributed by atoms with E-state index in [2.05, 4.69) is 5.32 Å². The summed E-state index contributed by atoms with van der Waals surface area (Å²) in [5, 5.41) is 3.81. The summed E-state index contributed by atoms with van der Waals surface area (Å²) < 4.78 is 11.1. The molecular formula is C21H25ClN2O3. The van der Waals surface area contributed by atoms with Crippen LogP contribution in [0.5, 0.6) is 11.5 Å². The number of ether oxygens (including phenoxy) is 2. The Morgan fingerprint density at radius 3 is 2.93 bits per heavy atom. The molecule has 5 nitrogen and oxygen atoms in total. The number of nitrogens with zero attached hydrogens (tertiary/aromatic N) is 1. The van der Waals surface area contributed by atoms with Crippen LogP contribution in [0, 0.1) is 0 Å². The number of hydrogen-bond donors (Lipinski definition) is 1. The molecule has 0 radical (unpaired) electrons. The van der Waals surface area contributed by atoms with Crippen molar-refractivity contribution in [2.75, 3.05) is 20.8 Å². The third kappa shape index (κ3) is 4.54. The van der Waals surface area contributed by atoms with Gasteiger partial charge in [-0.05, 0) is 38.2 Å². The van der Waals surface area contributed by atoms with Crippen LogP contribution in [0.1, 0.15) is 30.5 Å². The number of para-hydroxylation sites is 1. The van der Waals surface area contributed by atoms with Crippen LogP contribution in [-0.2, 0) is 11.3 Å². The van der Waals surface area contributed by atoms with Crippen LogP contribution < -0.4 is 14.8 Å². The highest BCUT2D eigenvalue weighted by Gasteiger charge is 2.26. The minimum absolute atomic E-state index is 0.0137. The quantitative estimate of drug-likeness (QED) is 0.817. The number of rotatable bonds is 6. The molecule has 2 aromatic carbocycles. The molecule has 0 fully saturated rings. The van der Waals surface area contributed by atoms with Crippen molar-refractivity contribution in [2.24, 2.45) is 0 Å².